The second-order valence-corrected chi connectivity index (χ2v) is 13.6. The van der Waals surface area contributed by atoms with Crippen molar-refractivity contribution in [3.63, 3.8) is 0 Å². The van der Waals surface area contributed by atoms with E-state index in [1.807, 2.05) is 39.1 Å². The average molecular weight is 593 g/mol. The Morgan fingerprint density at radius 3 is 2.41 bits per heavy atom. The van der Waals surface area contributed by atoms with E-state index in [-0.39, 0.29) is 35.8 Å². The van der Waals surface area contributed by atoms with Crippen LogP contribution in [0.25, 0.3) is 0 Å². The molecular weight excluding hydrogens is 558 g/mol. The van der Waals surface area contributed by atoms with Gasteiger partial charge in [0.05, 0.1) is 40.1 Å². The summed E-state index contributed by atoms with van der Waals surface area (Å²) in [6.45, 7) is 9.44. The van der Waals surface area contributed by atoms with Crippen LogP contribution in [-0.2, 0) is 29.7 Å². The van der Waals surface area contributed by atoms with E-state index in [9.17, 15) is 9.36 Å². The average Bonchev–Trinajstić information content (AvgIpc) is 2.88. The first-order chi connectivity index (χ1) is 18.4. The molecule has 4 rings (SSSR count). The maximum absolute atomic E-state index is 14.2. The maximum atomic E-state index is 14.2. The molecule has 210 valence electrons. The molecule has 1 saturated heterocycles. The molecule has 0 bridgehead atoms. The van der Waals surface area contributed by atoms with Crippen molar-refractivity contribution >= 4 is 36.8 Å². The smallest absolute Gasteiger partial charge is 0.360 e. The van der Waals surface area contributed by atoms with Gasteiger partial charge in [0.25, 0.3) is 0 Å². The van der Waals surface area contributed by atoms with Crippen LogP contribution in [0, 0.1) is 5.41 Å². The molecule has 10 heteroatoms. The number of nitrogens with one attached hydrogen (secondary N) is 1. The van der Waals surface area contributed by atoms with Crippen LogP contribution in [0.4, 0.5) is 0 Å². The van der Waals surface area contributed by atoms with E-state index in [4.69, 9.17) is 37.0 Å². The highest BCUT2D eigenvalue weighted by Crippen LogP contribution is 2.67. The minimum Gasteiger partial charge on any atom is -0.461 e. The van der Waals surface area contributed by atoms with E-state index >= 15 is 0 Å². The molecule has 39 heavy (non-hydrogen) atoms. The van der Waals surface area contributed by atoms with Crippen molar-refractivity contribution in [2.24, 2.45) is 5.41 Å². The third kappa shape index (κ3) is 6.79. The third-order valence-electron chi connectivity index (χ3n) is 6.78. The van der Waals surface area contributed by atoms with Gasteiger partial charge in [-0.15, -0.1) is 0 Å². The zero-order chi connectivity index (χ0) is 28.4. The molecule has 1 atom stereocenters. The summed E-state index contributed by atoms with van der Waals surface area (Å²) in [5.41, 5.74) is 2.84. The van der Waals surface area contributed by atoms with Crippen molar-refractivity contribution in [1.29, 1.82) is 0 Å². The molecule has 2 aliphatic rings. The Labute approximate surface area is 240 Å². The summed E-state index contributed by atoms with van der Waals surface area (Å²) < 4.78 is 31.8. The number of benzene rings is 2. The molecule has 1 unspecified atom stereocenters. The molecular formula is C29H35Cl2N2O5P. The molecule has 2 aliphatic heterocycles. The SMILES string of the molecule is CC1=C(C(=O)OCCN(C)Cc2ccccc2)C(c2cccc(Cl)c2Cl)C(P2(=O)OCC(C)(C)CO2)=C(C)N1. The molecule has 2 heterocycles. The summed E-state index contributed by atoms with van der Waals surface area (Å²) in [5, 5.41) is 4.13. The lowest BCUT2D eigenvalue weighted by Gasteiger charge is -2.39. The van der Waals surface area contributed by atoms with Crippen molar-refractivity contribution in [2.75, 3.05) is 33.4 Å². The van der Waals surface area contributed by atoms with Crippen LogP contribution >= 0.6 is 30.8 Å². The minimum atomic E-state index is -3.80. The number of hydrogen-bond donors (Lipinski definition) is 1. The summed E-state index contributed by atoms with van der Waals surface area (Å²) in [5.74, 6) is -1.37. The lowest BCUT2D eigenvalue weighted by atomic mass is 9.86. The fourth-order valence-corrected chi connectivity index (χ4v) is 7.61. The third-order valence-corrected chi connectivity index (χ3v) is 9.74. The van der Waals surface area contributed by atoms with Crippen molar-refractivity contribution in [3.8, 4) is 0 Å². The Morgan fingerprint density at radius 1 is 1.08 bits per heavy atom. The number of hydrogen-bond acceptors (Lipinski definition) is 7. The van der Waals surface area contributed by atoms with Gasteiger partial charge in [0.15, 0.2) is 0 Å². The van der Waals surface area contributed by atoms with Crippen LogP contribution in [0.2, 0.25) is 10.0 Å². The number of halogens is 2. The Kier molecular flexibility index (Phi) is 9.32. The highest BCUT2D eigenvalue weighted by molar-refractivity contribution is 7.58. The fourth-order valence-electron chi connectivity index (χ4n) is 4.75. The minimum absolute atomic E-state index is 0.172. The van der Waals surface area contributed by atoms with Gasteiger partial charge in [0.1, 0.15) is 6.61 Å². The zero-order valence-corrected chi connectivity index (χ0v) is 25.3. The van der Waals surface area contributed by atoms with Crippen molar-refractivity contribution in [2.45, 2.75) is 40.2 Å². The number of dihydropyridines is 1. The molecule has 1 fully saturated rings. The van der Waals surface area contributed by atoms with Crippen LogP contribution in [-0.4, -0.2) is 44.3 Å². The molecule has 0 saturated carbocycles. The van der Waals surface area contributed by atoms with E-state index in [1.54, 1.807) is 32.0 Å². The normalized spacial score (nSPS) is 20.7. The molecule has 0 amide bonds. The predicted octanol–water partition coefficient (Wildman–Crippen LogP) is 7.13. The molecule has 0 spiro atoms. The monoisotopic (exact) mass is 592 g/mol. The molecule has 7 nitrogen and oxygen atoms in total. The van der Waals surface area contributed by atoms with Gasteiger partial charge in [-0.1, -0.05) is 79.5 Å². The molecule has 2 aromatic carbocycles. The van der Waals surface area contributed by atoms with E-state index in [1.165, 1.54) is 5.56 Å². The van der Waals surface area contributed by atoms with Crippen LogP contribution in [0.15, 0.2) is 70.8 Å². The van der Waals surface area contributed by atoms with Crippen LogP contribution < -0.4 is 5.32 Å². The van der Waals surface area contributed by atoms with Gasteiger partial charge in [-0.05, 0) is 38.1 Å². The van der Waals surface area contributed by atoms with E-state index in [0.29, 0.717) is 33.8 Å². The summed E-state index contributed by atoms with van der Waals surface area (Å²) in [6.07, 6.45) is 0. The molecule has 0 radical (unpaired) electrons. The van der Waals surface area contributed by atoms with Crippen LogP contribution in [0.5, 0.6) is 0 Å². The number of carbonyl (C=O) groups excluding carboxylic acids is 1. The second-order valence-electron chi connectivity index (χ2n) is 10.8. The number of rotatable bonds is 8. The lowest BCUT2D eigenvalue weighted by molar-refractivity contribution is -0.139. The molecule has 0 aromatic heterocycles. The second kappa shape index (κ2) is 12.2. The van der Waals surface area contributed by atoms with Gasteiger partial charge in [-0.25, -0.2) is 4.79 Å². The Morgan fingerprint density at radius 2 is 1.74 bits per heavy atom. The number of allylic oxidation sites excluding steroid dienone is 3. The summed E-state index contributed by atoms with van der Waals surface area (Å²) in [7, 11) is -1.83. The van der Waals surface area contributed by atoms with Crippen molar-refractivity contribution in [1.82, 2.24) is 10.2 Å². The van der Waals surface area contributed by atoms with E-state index < -0.39 is 19.5 Å². The highest BCUT2D eigenvalue weighted by atomic mass is 35.5. The Hall–Kier alpha value is -2.12. The number of esters is 1. The van der Waals surface area contributed by atoms with Crippen LogP contribution in [0.3, 0.4) is 0 Å². The number of likely N-dealkylation sites (N-methyl/N-ethyl adjacent to an activating group) is 1. The summed E-state index contributed by atoms with van der Waals surface area (Å²) >= 11 is 13.1. The highest BCUT2D eigenvalue weighted by Gasteiger charge is 2.48. The predicted molar refractivity (Wildman–Crippen MR) is 155 cm³/mol. The number of carbonyl (C=O) groups is 1. The Balaban J connectivity index is 1.62. The lowest BCUT2D eigenvalue weighted by Crippen LogP contribution is -2.34. The van der Waals surface area contributed by atoms with Crippen LogP contribution in [0.1, 0.15) is 44.7 Å². The molecule has 1 N–H and O–H groups in total. The molecule has 0 aliphatic carbocycles. The first-order valence-electron chi connectivity index (χ1n) is 12.8. The standard InChI is InChI=1S/C29H35Cl2N2O5P/c1-19-24(28(34)36-15-14-33(5)16-21-10-7-6-8-11-21)25(22-12-9-13-23(30)26(22)31)27(20(2)32-19)39(35)37-17-29(3,4)18-38-39/h6-13,25,32H,14-18H2,1-5H3. The fraction of sp³-hybridized carbons (Fsp3) is 0.414. The van der Waals surface area contributed by atoms with Gasteiger partial charge in [-0.3, -0.25) is 9.46 Å². The Bertz CT molecular complexity index is 1330. The van der Waals surface area contributed by atoms with Gasteiger partial charge in [0.2, 0.25) is 0 Å². The topological polar surface area (TPSA) is 77.1 Å². The van der Waals surface area contributed by atoms with E-state index in [2.05, 4.69) is 22.3 Å². The maximum Gasteiger partial charge on any atom is 0.360 e. The van der Waals surface area contributed by atoms with Gasteiger partial charge in [-0.2, -0.15) is 0 Å². The first-order valence-corrected chi connectivity index (χ1v) is 15.1. The zero-order valence-electron chi connectivity index (χ0n) is 22.9. The van der Waals surface area contributed by atoms with Gasteiger partial charge >= 0.3 is 13.6 Å². The number of ether oxygens (including phenoxy) is 1. The van der Waals surface area contributed by atoms with Gasteiger partial charge in [0, 0.05) is 29.9 Å². The first kappa shape index (κ1) is 29.9. The van der Waals surface area contributed by atoms with Crippen molar-refractivity contribution in [3.05, 3.63) is 92.0 Å². The van der Waals surface area contributed by atoms with Gasteiger partial charge < -0.3 is 19.1 Å². The largest absolute Gasteiger partial charge is 0.461 e. The summed E-state index contributed by atoms with van der Waals surface area (Å²) in [4.78, 5) is 15.7. The number of nitrogens with zero attached hydrogens (tertiary/aromatic N) is 1. The summed E-state index contributed by atoms with van der Waals surface area (Å²) in [6, 6.07) is 15.3. The molecule has 2 aromatic rings. The van der Waals surface area contributed by atoms with Crippen molar-refractivity contribution < 1.29 is 23.1 Å². The van der Waals surface area contributed by atoms with E-state index in [0.717, 1.165) is 6.54 Å². The quantitative estimate of drug-likeness (QED) is 0.258.